The van der Waals surface area contributed by atoms with Gasteiger partial charge >= 0.3 is 0 Å². The van der Waals surface area contributed by atoms with Crippen LogP contribution in [0.15, 0.2) is 6.07 Å². The molecule has 3 heteroatoms. The average Bonchev–Trinajstić information content (AvgIpc) is 2.76. The SMILES string of the molecule is CCCCCC1CCc2cc(C3CCC4CC(OC)CCC4C3)c(F)c(F)c2C1. The normalized spacial score (nSPS) is 31.9. The first-order valence-electron chi connectivity index (χ1n) is 12.1. The summed E-state index contributed by atoms with van der Waals surface area (Å²) in [5.74, 6) is 1.02. The predicted molar refractivity (Wildman–Crippen MR) is 114 cm³/mol. The molecule has 0 aromatic heterocycles. The molecule has 1 aromatic rings. The van der Waals surface area contributed by atoms with Crippen LogP contribution >= 0.6 is 0 Å². The van der Waals surface area contributed by atoms with E-state index in [1.807, 2.05) is 7.11 Å². The van der Waals surface area contributed by atoms with Gasteiger partial charge < -0.3 is 4.74 Å². The molecule has 0 aliphatic heterocycles. The topological polar surface area (TPSA) is 9.23 Å². The third-order valence-corrected chi connectivity index (χ3v) is 8.30. The maximum absolute atomic E-state index is 15.2. The summed E-state index contributed by atoms with van der Waals surface area (Å²) < 4.78 is 35.8. The molecule has 4 rings (SSSR count). The Labute approximate surface area is 175 Å². The zero-order valence-corrected chi connectivity index (χ0v) is 18.3. The van der Waals surface area contributed by atoms with Crippen molar-refractivity contribution in [3.8, 4) is 0 Å². The largest absolute Gasteiger partial charge is 0.381 e. The van der Waals surface area contributed by atoms with E-state index in [4.69, 9.17) is 4.74 Å². The second-order valence-electron chi connectivity index (χ2n) is 10.0. The molecule has 0 heterocycles. The highest BCUT2D eigenvalue weighted by Crippen LogP contribution is 2.48. The molecule has 0 bridgehead atoms. The molecule has 2 fully saturated rings. The minimum Gasteiger partial charge on any atom is -0.381 e. The lowest BCUT2D eigenvalue weighted by atomic mass is 9.65. The molecule has 1 aromatic carbocycles. The summed E-state index contributed by atoms with van der Waals surface area (Å²) in [7, 11) is 1.82. The Morgan fingerprint density at radius 1 is 0.966 bits per heavy atom. The fraction of sp³-hybridized carbons (Fsp3) is 0.769. The van der Waals surface area contributed by atoms with Crippen molar-refractivity contribution < 1.29 is 13.5 Å². The number of halogens is 2. The Morgan fingerprint density at radius 2 is 1.76 bits per heavy atom. The first kappa shape index (κ1) is 21.3. The van der Waals surface area contributed by atoms with Crippen LogP contribution in [0.3, 0.4) is 0 Å². The van der Waals surface area contributed by atoms with Gasteiger partial charge in [0.05, 0.1) is 6.10 Å². The molecule has 3 aliphatic rings. The lowest BCUT2D eigenvalue weighted by Gasteiger charge is -2.42. The second-order valence-corrected chi connectivity index (χ2v) is 10.0. The van der Waals surface area contributed by atoms with Crippen molar-refractivity contribution in [1.29, 1.82) is 0 Å². The number of aryl methyl sites for hydroxylation is 1. The minimum atomic E-state index is -0.535. The van der Waals surface area contributed by atoms with Gasteiger partial charge in [-0.25, -0.2) is 8.78 Å². The zero-order chi connectivity index (χ0) is 20.4. The highest BCUT2D eigenvalue weighted by atomic mass is 19.2. The van der Waals surface area contributed by atoms with Crippen LogP contribution in [0.4, 0.5) is 8.78 Å². The number of ether oxygens (including phenoxy) is 1. The Morgan fingerprint density at radius 3 is 2.55 bits per heavy atom. The maximum Gasteiger partial charge on any atom is 0.162 e. The Balaban J connectivity index is 1.47. The molecule has 162 valence electrons. The fourth-order valence-electron chi connectivity index (χ4n) is 6.50. The van der Waals surface area contributed by atoms with Crippen LogP contribution in [0, 0.1) is 29.4 Å². The number of hydrogen-bond donors (Lipinski definition) is 0. The van der Waals surface area contributed by atoms with Crippen molar-refractivity contribution in [1.82, 2.24) is 0 Å². The van der Waals surface area contributed by atoms with Gasteiger partial charge in [0.15, 0.2) is 11.6 Å². The maximum atomic E-state index is 15.2. The predicted octanol–water partition coefficient (Wildman–Crippen LogP) is 7.35. The number of unbranched alkanes of at least 4 members (excludes halogenated alkanes) is 2. The second kappa shape index (κ2) is 9.45. The molecule has 0 spiro atoms. The number of benzene rings is 1. The molecule has 29 heavy (non-hydrogen) atoms. The standard InChI is InChI=1S/C26H38F2O/c1-3-4-5-6-17-7-8-21-16-24(26(28)25(27)23(21)13-17)20-10-9-19-15-22(29-2)12-11-18(19)14-20/h16-20,22H,3-15H2,1-2H3. The van der Waals surface area contributed by atoms with Crippen LogP contribution in [-0.2, 0) is 17.6 Å². The van der Waals surface area contributed by atoms with E-state index in [1.165, 1.54) is 25.7 Å². The molecule has 5 atom stereocenters. The van der Waals surface area contributed by atoms with Crippen LogP contribution in [0.5, 0.6) is 0 Å². The number of fused-ring (bicyclic) bond motifs is 2. The molecule has 1 nitrogen and oxygen atoms in total. The Kier molecular flexibility index (Phi) is 6.94. The van der Waals surface area contributed by atoms with E-state index in [1.54, 1.807) is 0 Å². The van der Waals surface area contributed by atoms with Crippen molar-refractivity contribution in [3.63, 3.8) is 0 Å². The average molecular weight is 405 g/mol. The van der Waals surface area contributed by atoms with Crippen LogP contribution in [-0.4, -0.2) is 13.2 Å². The van der Waals surface area contributed by atoms with Crippen molar-refractivity contribution in [2.45, 2.75) is 102 Å². The lowest BCUT2D eigenvalue weighted by Crippen LogP contribution is -2.33. The summed E-state index contributed by atoms with van der Waals surface area (Å²) >= 11 is 0. The third-order valence-electron chi connectivity index (χ3n) is 8.30. The van der Waals surface area contributed by atoms with Gasteiger partial charge in [-0.1, -0.05) is 38.7 Å². The van der Waals surface area contributed by atoms with E-state index < -0.39 is 11.6 Å². The van der Waals surface area contributed by atoms with Gasteiger partial charge in [0.2, 0.25) is 0 Å². The summed E-state index contributed by atoms with van der Waals surface area (Å²) in [6, 6.07) is 2.06. The summed E-state index contributed by atoms with van der Waals surface area (Å²) in [6.45, 7) is 2.21. The summed E-state index contributed by atoms with van der Waals surface area (Å²) in [4.78, 5) is 0. The van der Waals surface area contributed by atoms with Crippen molar-refractivity contribution >= 4 is 0 Å². The van der Waals surface area contributed by atoms with Gasteiger partial charge in [-0.3, -0.25) is 0 Å². The van der Waals surface area contributed by atoms with Gasteiger partial charge in [0.25, 0.3) is 0 Å². The Hall–Kier alpha value is -0.960. The number of rotatable bonds is 6. The monoisotopic (exact) mass is 404 g/mol. The fourth-order valence-corrected chi connectivity index (χ4v) is 6.50. The van der Waals surface area contributed by atoms with E-state index in [-0.39, 0.29) is 5.92 Å². The summed E-state index contributed by atoms with van der Waals surface area (Å²) in [5, 5.41) is 0. The zero-order valence-electron chi connectivity index (χ0n) is 18.3. The van der Waals surface area contributed by atoms with Gasteiger partial charge in [-0.15, -0.1) is 0 Å². The van der Waals surface area contributed by atoms with E-state index >= 15 is 8.78 Å². The first-order chi connectivity index (χ1) is 14.1. The molecule has 0 radical (unpaired) electrons. The summed E-state index contributed by atoms with van der Waals surface area (Å²) in [6.07, 6.45) is 14.6. The quantitative estimate of drug-likeness (QED) is 0.450. The molecular formula is C26H38F2O. The van der Waals surface area contributed by atoms with E-state index in [9.17, 15) is 0 Å². The first-order valence-corrected chi connectivity index (χ1v) is 12.1. The molecule has 3 aliphatic carbocycles. The molecule has 0 saturated heterocycles. The molecule has 0 amide bonds. The van der Waals surface area contributed by atoms with E-state index in [2.05, 4.69) is 13.0 Å². The summed E-state index contributed by atoms with van der Waals surface area (Å²) in [5.41, 5.74) is 2.46. The van der Waals surface area contributed by atoms with Crippen LogP contribution in [0.25, 0.3) is 0 Å². The van der Waals surface area contributed by atoms with Crippen molar-refractivity contribution in [2.24, 2.45) is 17.8 Å². The third kappa shape index (κ3) is 4.55. The molecular weight excluding hydrogens is 366 g/mol. The molecule has 0 N–H and O–H groups in total. The molecule has 5 unspecified atom stereocenters. The number of hydrogen-bond acceptors (Lipinski definition) is 1. The number of methoxy groups -OCH3 is 1. The van der Waals surface area contributed by atoms with Gasteiger partial charge in [0.1, 0.15) is 0 Å². The lowest BCUT2D eigenvalue weighted by molar-refractivity contribution is 0.0121. The van der Waals surface area contributed by atoms with Crippen molar-refractivity contribution in [2.75, 3.05) is 7.11 Å². The Bertz CT molecular complexity index is 700. The van der Waals surface area contributed by atoms with Crippen LogP contribution < -0.4 is 0 Å². The van der Waals surface area contributed by atoms with Gasteiger partial charge in [0, 0.05) is 7.11 Å². The van der Waals surface area contributed by atoms with Gasteiger partial charge in [-0.05, 0) is 98.1 Å². The smallest absolute Gasteiger partial charge is 0.162 e. The van der Waals surface area contributed by atoms with E-state index in [0.29, 0.717) is 35.0 Å². The molecule has 2 saturated carbocycles. The van der Waals surface area contributed by atoms with Crippen LogP contribution in [0.1, 0.15) is 100 Å². The highest BCUT2D eigenvalue weighted by Gasteiger charge is 2.37. The van der Waals surface area contributed by atoms with Crippen LogP contribution in [0.2, 0.25) is 0 Å². The minimum absolute atomic E-state index is 0.192. The van der Waals surface area contributed by atoms with E-state index in [0.717, 1.165) is 63.4 Å². The highest BCUT2D eigenvalue weighted by molar-refractivity contribution is 5.38. The van der Waals surface area contributed by atoms with Gasteiger partial charge in [-0.2, -0.15) is 0 Å². The van der Waals surface area contributed by atoms with Crippen molar-refractivity contribution in [3.05, 3.63) is 34.4 Å².